The number of pyridine rings is 1. The van der Waals surface area contributed by atoms with Gasteiger partial charge in [-0.3, -0.25) is 19.9 Å². The number of nitro benzene ring substituents is 1. The Hall–Kier alpha value is -2.41. The van der Waals surface area contributed by atoms with Gasteiger partial charge in [0.15, 0.2) is 0 Å². The maximum atomic E-state index is 12.1. The Morgan fingerprint density at radius 2 is 2.10 bits per heavy atom. The second-order valence-electron chi connectivity index (χ2n) is 4.10. The average molecular weight is 289 g/mol. The van der Waals surface area contributed by atoms with Gasteiger partial charge in [0.25, 0.3) is 11.6 Å². The highest BCUT2D eigenvalue weighted by Crippen LogP contribution is 2.22. The van der Waals surface area contributed by atoms with Gasteiger partial charge in [-0.25, -0.2) is 0 Å². The Labute approximate surface area is 120 Å². The van der Waals surface area contributed by atoms with Crippen LogP contribution in [0, 0.1) is 17.0 Å². The number of anilines is 1. The van der Waals surface area contributed by atoms with Crippen LogP contribution in [0.15, 0.2) is 41.4 Å². The maximum absolute atomic E-state index is 12.1. The van der Waals surface area contributed by atoms with E-state index in [0.29, 0.717) is 10.6 Å². The molecule has 1 aromatic heterocycles. The van der Waals surface area contributed by atoms with Gasteiger partial charge in [0.05, 0.1) is 10.5 Å². The van der Waals surface area contributed by atoms with E-state index < -0.39 is 10.8 Å². The van der Waals surface area contributed by atoms with Gasteiger partial charge in [-0.05, 0) is 25.1 Å². The summed E-state index contributed by atoms with van der Waals surface area (Å²) < 4.78 is 0. The number of thiol groups is 1. The van der Waals surface area contributed by atoms with Crippen molar-refractivity contribution in [3.8, 4) is 0 Å². The van der Waals surface area contributed by atoms with Gasteiger partial charge >= 0.3 is 0 Å². The lowest BCUT2D eigenvalue weighted by molar-refractivity contribution is -0.384. The number of amides is 1. The van der Waals surface area contributed by atoms with Crippen molar-refractivity contribution in [2.45, 2.75) is 11.8 Å². The minimum atomic E-state index is -0.555. The number of aromatic nitrogens is 1. The summed E-state index contributed by atoms with van der Waals surface area (Å²) in [6.07, 6.45) is 1.57. The predicted molar refractivity (Wildman–Crippen MR) is 77.3 cm³/mol. The summed E-state index contributed by atoms with van der Waals surface area (Å²) >= 11 is 4.14. The lowest BCUT2D eigenvalue weighted by Crippen LogP contribution is -2.13. The number of aryl methyl sites for hydroxylation is 1. The molecule has 0 spiro atoms. The summed E-state index contributed by atoms with van der Waals surface area (Å²) in [6.45, 7) is 1.80. The molecule has 1 heterocycles. The number of rotatable bonds is 3. The molecule has 0 saturated carbocycles. The third kappa shape index (κ3) is 3.12. The predicted octanol–water partition coefficient (Wildman–Crippen LogP) is 2.84. The molecule has 1 amide bonds. The van der Waals surface area contributed by atoms with Crippen molar-refractivity contribution in [2.75, 3.05) is 5.32 Å². The zero-order valence-corrected chi connectivity index (χ0v) is 11.4. The monoisotopic (exact) mass is 289 g/mol. The van der Waals surface area contributed by atoms with E-state index in [1.807, 2.05) is 0 Å². The average Bonchev–Trinajstić information content (AvgIpc) is 2.38. The van der Waals surface area contributed by atoms with Gasteiger partial charge in [-0.1, -0.05) is 0 Å². The zero-order chi connectivity index (χ0) is 14.7. The first-order chi connectivity index (χ1) is 9.47. The normalized spacial score (nSPS) is 10.1. The van der Waals surface area contributed by atoms with Crippen LogP contribution >= 0.6 is 12.6 Å². The minimum Gasteiger partial charge on any atom is -0.322 e. The molecule has 1 aromatic carbocycles. The molecule has 0 unspecified atom stereocenters. The van der Waals surface area contributed by atoms with Crippen LogP contribution in [-0.4, -0.2) is 15.8 Å². The van der Waals surface area contributed by atoms with Gasteiger partial charge < -0.3 is 5.32 Å². The summed E-state index contributed by atoms with van der Waals surface area (Å²) in [5.74, 6) is -0.454. The first-order valence-corrected chi connectivity index (χ1v) is 6.13. The minimum absolute atomic E-state index is 0.150. The van der Waals surface area contributed by atoms with Crippen molar-refractivity contribution in [1.82, 2.24) is 4.98 Å². The third-order valence-corrected chi connectivity index (χ3v) is 2.98. The van der Waals surface area contributed by atoms with Crippen LogP contribution in [-0.2, 0) is 0 Å². The molecule has 6 nitrogen and oxygen atoms in total. The van der Waals surface area contributed by atoms with E-state index in [4.69, 9.17) is 0 Å². The molecule has 102 valence electrons. The smallest absolute Gasteiger partial charge is 0.270 e. The summed E-state index contributed by atoms with van der Waals surface area (Å²) in [7, 11) is 0. The number of hydrogen-bond donors (Lipinski definition) is 2. The molecule has 0 atom stereocenters. The fraction of sp³-hybridized carbons (Fsp3) is 0.0769. The number of non-ortho nitro benzene ring substituents is 1. The van der Waals surface area contributed by atoms with Crippen molar-refractivity contribution >= 4 is 29.9 Å². The van der Waals surface area contributed by atoms with E-state index in [1.165, 1.54) is 18.2 Å². The summed E-state index contributed by atoms with van der Waals surface area (Å²) in [5.41, 5.74) is 1.32. The Morgan fingerprint density at radius 1 is 1.35 bits per heavy atom. The molecule has 2 rings (SSSR count). The Morgan fingerprint density at radius 3 is 2.75 bits per heavy atom. The van der Waals surface area contributed by atoms with Crippen molar-refractivity contribution in [2.24, 2.45) is 0 Å². The second-order valence-corrected chi connectivity index (χ2v) is 4.58. The van der Waals surface area contributed by atoms with Crippen LogP contribution in [0.2, 0.25) is 0 Å². The van der Waals surface area contributed by atoms with Crippen molar-refractivity contribution in [1.29, 1.82) is 0 Å². The molecule has 0 aliphatic carbocycles. The SMILES string of the molecule is Cc1cc(NC(=O)c2cc([N+](=O)[O-])ccc2S)ccn1. The Kier molecular flexibility index (Phi) is 3.99. The topological polar surface area (TPSA) is 85.1 Å². The fourth-order valence-corrected chi connectivity index (χ4v) is 1.88. The number of nitrogens with zero attached hydrogens (tertiary/aromatic N) is 2. The fourth-order valence-electron chi connectivity index (χ4n) is 1.64. The zero-order valence-electron chi connectivity index (χ0n) is 10.5. The van der Waals surface area contributed by atoms with E-state index >= 15 is 0 Å². The van der Waals surface area contributed by atoms with Gasteiger partial charge in [-0.2, -0.15) is 0 Å². The van der Waals surface area contributed by atoms with Crippen LogP contribution in [0.5, 0.6) is 0 Å². The van der Waals surface area contributed by atoms with Gasteiger partial charge in [-0.15, -0.1) is 12.6 Å². The highest BCUT2D eigenvalue weighted by Gasteiger charge is 2.15. The standard InChI is InChI=1S/C13H11N3O3S/c1-8-6-9(4-5-14-8)15-13(17)11-7-10(16(18)19)2-3-12(11)20/h2-7,20H,1H3,(H,14,15,17). The van der Waals surface area contributed by atoms with Crippen molar-refractivity contribution < 1.29 is 9.72 Å². The quantitative estimate of drug-likeness (QED) is 0.517. The number of nitro groups is 1. The molecule has 0 fully saturated rings. The van der Waals surface area contributed by atoms with Crippen LogP contribution in [0.1, 0.15) is 16.1 Å². The van der Waals surface area contributed by atoms with Gasteiger partial charge in [0, 0.05) is 34.6 Å². The summed E-state index contributed by atoms with van der Waals surface area (Å²) in [6, 6.07) is 7.27. The van der Waals surface area contributed by atoms with E-state index in [-0.39, 0.29) is 11.3 Å². The van der Waals surface area contributed by atoms with Crippen LogP contribution in [0.3, 0.4) is 0 Å². The lowest BCUT2D eigenvalue weighted by Gasteiger charge is -2.07. The molecular formula is C13H11N3O3S. The number of carbonyl (C=O) groups is 1. The van der Waals surface area contributed by atoms with E-state index in [0.717, 1.165) is 5.69 Å². The lowest BCUT2D eigenvalue weighted by atomic mass is 10.2. The first kappa shape index (κ1) is 14.0. The second kappa shape index (κ2) is 5.70. The maximum Gasteiger partial charge on any atom is 0.270 e. The third-order valence-electron chi connectivity index (χ3n) is 2.59. The molecule has 0 aliphatic heterocycles. The number of hydrogen-bond acceptors (Lipinski definition) is 5. The van der Waals surface area contributed by atoms with Gasteiger partial charge in [0.1, 0.15) is 0 Å². The summed E-state index contributed by atoms with van der Waals surface area (Å²) in [5, 5.41) is 13.4. The van der Waals surface area contributed by atoms with Crippen LogP contribution in [0.25, 0.3) is 0 Å². The number of benzene rings is 1. The summed E-state index contributed by atoms with van der Waals surface area (Å²) in [4.78, 5) is 26.7. The largest absolute Gasteiger partial charge is 0.322 e. The van der Waals surface area contributed by atoms with Crippen LogP contribution < -0.4 is 5.32 Å². The molecule has 2 aromatic rings. The van der Waals surface area contributed by atoms with Crippen molar-refractivity contribution in [3.05, 3.63) is 57.9 Å². The number of carbonyl (C=O) groups excluding carboxylic acids is 1. The Bertz CT molecular complexity index is 688. The highest BCUT2D eigenvalue weighted by atomic mass is 32.1. The molecule has 1 N–H and O–H groups in total. The first-order valence-electron chi connectivity index (χ1n) is 5.69. The molecule has 0 aliphatic rings. The molecule has 7 heteroatoms. The van der Waals surface area contributed by atoms with Crippen LogP contribution in [0.4, 0.5) is 11.4 Å². The van der Waals surface area contributed by atoms with E-state index in [9.17, 15) is 14.9 Å². The molecular weight excluding hydrogens is 278 g/mol. The molecule has 0 radical (unpaired) electrons. The molecule has 0 bridgehead atoms. The Balaban J connectivity index is 2.29. The molecule has 0 saturated heterocycles. The molecule has 20 heavy (non-hydrogen) atoms. The van der Waals surface area contributed by atoms with E-state index in [1.54, 1.807) is 25.3 Å². The number of nitrogens with one attached hydrogen (secondary N) is 1. The van der Waals surface area contributed by atoms with E-state index in [2.05, 4.69) is 22.9 Å². The van der Waals surface area contributed by atoms with Crippen molar-refractivity contribution in [3.63, 3.8) is 0 Å². The highest BCUT2D eigenvalue weighted by molar-refractivity contribution is 7.80. The van der Waals surface area contributed by atoms with Gasteiger partial charge in [0.2, 0.25) is 0 Å².